The number of anilines is 1. The Morgan fingerprint density at radius 3 is 2.80 bits per heavy atom. The van der Waals surface area contributed by atoms with E-state index >= 15 is 0 Å². The Kier molecular flexibility index (Phi) is 4.58. The molecule has 25 heavy (non-hydrogen) atoms. The number of hydrogen-bond donors (Lipinski definition) is 1. The monoisotopic (exact) mass is 376 g/mol. The molecule has 4 rings (SSSR count). The summed E-state index contributed by atoms with van der Waals surface area (Å²) < 4.78 is 13.3. The topological polar surface area (TPSA) is 55.0 Å². The average Bonchev–Trinajstić information content (AvgIpc) is 3.00. The molecule has 3 aromatic rings. The van der Waals surface area contributed by atoms with Gasteiger partial charge in [-0.1, -0.05) is 23.7 Å². The van der Waals surface area contributed by atoms with E-state index in [0.29, 0.717) is 29.5 Å². The van der Waals surface area contributed by atoms with E-state index in [-0.39, 0.29) is 0 Å². The maximum absolute atomic E-state index is 13.3. The maximum Gasteiger partial charge on any atom is 0.163 e. The summed E-state index contributed by atoms with van der Waals surface area (Å²) in [6.07, 6.45) is 0.581. The molecule has 7 heteroatoms. The number of alkyl halides is 1. The van der Waals surface area contributed by atoms with Crippen molar-refractivity contribution in [3.05, 3.63) is 40.2 Å². The molecule has 3 heterocycles. The zero-order valence-electron chi connectivity index (χ0n) is 13.6. The summed E-state index contributed by atoms with van der Waals surface area (Å²) in [5, 5.41) is 1.52. The Bertz CT molecular complexity index is 905. The van der Waals surface area contributed by atoms with Crippen LogP contribution in [0.15, 0.2) is 30.3 Å². The number of thiophene rings is 1. The molecule has 4 nitrogen and oxygen atoms in total. The number of likely N-dealkylation sites (tertiary alicyclic amines) is 1. The Hall–Kier alpha value is -1.76. The predicted octanol–water partition coefficient (Wildman–Crippen LogP) is 4.53. The van der Waals surface area contributed by atoms with Crippen molar-refractivity contribution in [2.75, 3.05) is 18.8 Å². The number of aromatic nitrogens is 2. The van der Waals surface area contributed by atoms with Gasteiger partial charge < -0.3 is 5.73 Å². The van der Waals surface area contributed by atoms with Crippen LogP contribution in [0.25, 0.3) is 21.6 Å². The molecule has 1 fully saturated rings. The number of benzene rings is 1. The SMILES string of the molecule is Nc1nc(-c2cccc(Cl)c2)nc2sc(CN3CCC(F)CC3)cc12. The number of rotatable bonds is 3. The van der Waals surface area contributed by atoms with E-state index < -0.39 is 6.17 Å². The van der Waals surface area contributed by atoms with Crippen LogP contribution in [0.2, 0.25) is 5.02 Å². The Morgan fingerprint density at radius 2 is 2.04 bits per heavy atom. The quantitative estimate of drug-likeness (QED) is 0.729. The largest absolute Gasteiger partial charge is 0.383 e. The minimum Gasteiger partial charge on any atom is -0.383 e. The van der Waals surface area contributed by atoms with Gasteiger partial charge in [0.25, 0.3) is 0 Å². The first-order valence-corrected chi connectivity index (χ1v) is 9.46. The van der Waals surface area contributed by atoms with Crippen molar-refractivity contribution in [1.82, 2.24) is 14.9 Å². The number of fused-ring (bicyclic) bond motifs is 1. The minimum absolute atomic E-state index is 0.477. The van der Waals surface area contributed by atoms with Gasteiger partial charge in [-0.05, 0) is 31.0 Å². The third kappa shape index (κ3) is 3.61. The normalized spacial score (nSPS) is 16.6. The van der Waals surface area contributed by atoms with Crippen molar-refractivity contribution in [3.8, 4) is 11.4 Å². The van der Waals surface area contributed by atoms with Gasteiger partial charge in [0.05, 0.1) is 5.39 Å². The van der Waals surface area contributed by atoms with Crippen molar-refractivity contribution < 1.29 is 4.39 Å². The summed E-state index contributed by atoms with van der Waals surface area (Å²) in [4.78, 5) is 13.4. The number of nitrogens with zero attached hydrogens (tertiary/aromatic N) is 3. The van der Waals surface area contributed by atoms with Crippen molar-refractivity contribution in [2.24, 2.45) is 0 Å². The predicted molar refractivity (Wildman–Crippen MR) is 102 cm³/mol. The van der Waals surface area contributed by atoms with Gasteiger partial charge in [0.15, 0.2) is 5.82 Å². The molecular weight excluding hydrogens is 359 g/mol. The summed E-state index contributed by atoms with van der Waals surface area (Å²) in [5.41, 5.74) is 7.00. The first-order valence-electron chi connectivity index (χ1n) is 8.27. The highest BCUT2D eigenvalue weighted by Crippen LogP contribution is 2.31. The zero-order valence-corrected chi connectivity index (χ0v) is 15.2. The third-order valence-corrected chi connectivity index (χ3v) is 5.70. The van der Waals surface area contributed by atoms with Gasteiger partial charge in [-0.2, -0.15) is 0 Å². The molecule has 1 aliphatic rings. The highest BCUT2D eigenvalue weighted by molar-refractivity contribution is 7.18. The van der Waals surface area contributed by atoms with Gasteiger partial charge in [-0.15, -0.1) is 11.3 Å². The van der Waals surface area contributed by atoms with Crippen molar-refractivity contribution in [2.45, 2.75) is 25.6 Å². The van der Waals surface area contributed by atoms with Crippen LogP contribution in [0, 0.1) is 0 Å². The molecule has 0 amide bonds. The molecule has 0 unspecified atom stereocenters. The van der Waals surface area contributed by atoms with Crippen LogP contribution in [-0.2, 0) is 6.54 Å². The first kappa shape index (κ1) is 16.7. The summed E-state index contributed by atoms with van der Waals surface area (Å²) in [6, 6.07) is 9.49. The smallest absolute Gasteiger partial charge is 0.163 e. The van der Waals surface area contributed by atoms with Gasteiger partial charge in [-0.25, -0.2) is 14.4 Å². The first-order chi connectivity index (χ1) is 12.1. The van der Waals surface area contributed by atoms with Crippen LogP contribution in [-0.4, -0.2) is 34.1 Å². The molecule has 0 spiro atoms. The summed E-state index contributed by atoms with van der Waals surface area (Å²) in [6.45, 7) is 2.40. The zero-order chi connectivity index (χ0) is 17.4. The van der Waals surface area contributed by atoms with E-state index in [1.54, 1.807) is 11.3 Å². The molecular formula is C18H18ClFN4S. The van der Waals surface area contributed by atoms with E-state index in [1.807, 2.05) is 24.3 Å². The lowest BCUT2D eigenvalue weighted by Gasteiger charge is -2.27. The van der Waals surface area contributed by atoms with Gasteiger partial charge in [0.2, 0.25) is 0 Å². The van der Waals surface area contributed by atoms with Crippen molar-refractivity contribution >= 4 is 39.0 Å². The summed E-state index contributed by atoms with van der Waals surface area (Å²) >= 11 is 7.68. The second-order valence-corrected chi connectivity index (χ2v) is 7.88. The van der Waals surface area contributed by atoms with Gasteiger partial charge >= 0.3 is 0 Å². The summed E-state index contributed by atoms with van der Waals surface area (Å²) in [5.74, 6) is 1.06. The number of piperidine rings is 1. The molecule has 1 aliphatic heterocycles. The molecule has 0 bridgehead atoms. The average molecular weight is 377 g/mol. The van der Waals surface area contributed by atoms with Crippen LogP contribution in [0.4, 0.5) is 10.2 Å². The lowest BCUT2D eigenvalue weighted by atomic mass is 10.1. The molecule has 1 saturated heterocycles. The van der Waals surface area contributed by atoms with E-state index in [4.69, 9.17) is 17.3 Å². The van der Waals surface area contributed by atoms with Crippen LogP contribution in [0.3, 0.4) is 0 Å². The summed E-state index contributed by atoms with van der Waals surface area (Å²) in [7, 11) is 0. The lowest BCUT2D eigenvalue weighted by molar-refractivity contribution is 0.146. The number of nitrogens with two attached hydrogens (primary N) is 1. The van der Waals surface area contributed by atoms with Crippen LogP contribution in [0.1, 0.15) is 17.7 Å². The molecule has 0 atom stereocenters. The number of halogens is 2. The highest BCUT2D eigenvalue weighted by atomic mass is 35.5. The van der Waals surface area contributed by atoms with E-state index in [2.05, 4.69) is 20.9 Å². The van der Waals surface area contributed by atoms with E-state index in [1.165, 1.54) is 4.88 Å². The third-order valence-electron chi connectivity index (χ3n) is 4.45. The Morgan fingerprint density at radius 1 is 1.24 bits per heavy atom. The minimum atomic E-state index is -0.652. The van der Waals surface area contributed by atoms with Gasteiger partial charge in [0, 0.05) is 35.1 Å². The molecule has 2 N–H and O–H groups in total. The van der Waals surface area contributed by atoms with E-state index in [0.717, 1.165) is 35.4 Å². The highest BCUT2D eigenvalue weighted by Gasteiger charge is 2.19. The second-order valence-electron chi connectivity index (χ2n) is 6.33. The Labute approximate surface area is 154 Å². The fourth-order valence-corrected chi connectivity index (χ4v) is 4.38. The molecule has 0 radical (unpaired) electrons. The molecule has 2 aromatic heterocycles. The fraction of sp³-hybridized carbons (Fsp3) is 0.333. The molecule has 0 aliphatic carbocycles. The standard InChI is InChI=1S/C18H18ClFN4S/c19-12-3-1-2-11(8-12)17-22-16(21)15-9-14(25-18(15)23-17)10-24-6-4-13(20)5-7-24/h1-3,8-9,13H,4-7,10H2,(H2,21,22,23). The maximum atomic E-state index is 13.3. The van der Waals surface area contributed by atoms with Crippen molar-refractivity contribution in [1.29, 1.82) is 0 Å². The van der Waals surface area contributed by atoms with E-state index in [9.17, 15) is 4.39 Å². The van der Waals surface area contributed by atoms with Gasteiger partial charge in [0.1, 0.15) is 16.8 Å². The van der Waals surface area contributed by atoms with Crippen molar-refractivity contribution in [3.63, 3.8) is 0 Å². The molecule has 130 valence electrons. The molecule has 0 saturated carbocycles. The fourth-order valence-electron chi connectivity index (χ4n) is 3.11. The Balaban J connectivity index is 1.63. The second kappa shape index (κ2) is 6.86. The van der Waals surface area contributed by atoms with Crippen LogP contribution in [0.5, 0.6) is 0 Å². The number of nitrogen functional groups attached to an aromatic ring is 1. The number of hydrogen-bond acceptors (Lipinski definition) is 5. The van der Waals surface area contributed by atoms with Gasteiger partial charge in [-0.3, -0.25) is 4.90 Å². The van der Waals surface area contributed by atoms with Crippen LogP contribution >= 0.6 is 22.9 Å². The molecule has 1 aromatic carbocycles. The van der Waals surface area contributed by atoms with Crippen LogP contribution < -0.4 is 5.73 Å². The lowest BCUT2D eigenvalue weighted by Crippen LogP contribution is -2.33.